The summed E-state index contributed by atoms with van der Waals surface area (Å²) in [5, 5.41) is 2.83. The molecule has 0 saturated carbocycles. The van der Waals surface area contributed by atoms with Gasteiger partial charge in [-0.05, 0) is 6.92 Å². The first-order chi connectivity index (χ1) is 8.29. The highest BCUT2D eigenvalue weighted by Gasteiger charge is 2.45. The number of hydrogen-bond donors (Lipinski definition) is 2. The third-order valence-corrected chi connectivity index (χ3v) is 6.90. The fourth-order valence-corrected chi connectivity index (χ4v) is 3.26. The highest BCUT2D eigenvalue weighted by Crippen LogP contribution is 2.52. The highest BCUT2D eigenvalue weighted by atomic mass is 32.7. The Bertz CT molecular complexity index is 323. The van der Waals surface area contributed by atoms with Crippen molar-refractivity contribution in [2.45, 2.75) is 50.8 Å². The third kappa shape index (κ3) is 3.97. The van der Waals surface area contributed by atoms with Gasteiger partial charge in [-0.3, -0.25) is 4.57 Å². The number of alkyl halides is 1. The van der Waals surface area contributed by atoms with Gasteiger partial charge in [0.2, 0.25) is 6.49 Å². The minimum atomic E-state index is -2.88. The van der Waals surface area contributed by atoms with Crippen molar-refractivity contribution in [1.29, 1.82) is 0 Å². The maximum atomic E-state index is 14.1. The van der Waals surface area contributed by atoms with E-state index in [9.17, 15) is 8.96 Å². The third-order valence-electron chi connectivity index (χ3n) is 3.10. The molecule has 0 aromatic carbocycles. The first-order valence-corrected chi connectivity index (χ1v) is 9.20. The summed E-state index contributed by atoms with van der Waals surface area (Å²) in [4.78, 5) is 0. The van der Waals surface area contributed by atoms with Crippen LogP contribution in [0.15, 0.2) is 0 Å². The molecular weight excluding hydrogens is 275 g/mol. The molecule has 1 aliphatic heterocycles. The molecule has 0 amide bonds. The zero-order valence-corrected chi connectivity index (χ0v) is 13.1. The van der Waals surface area contributed by atoms with Gasteiger partial charge in [0.15, 0.2) is 0 Å². The van der Waals surface area contributed by atoms with E-state index in [4.69, 9.17) is 9.47 Å². The molecule has 1 rings (SSSR count). The van der Waals surface area contributed by atoms with E-state index in [-0.39, 0.29) is 5.66 Å². The van der Waals surface area contributed by atoms with E-state index in [1.165, 1.54) is 0 Å². The van der Waals surface area contributed by atoms with Crippen LogP contribution in [0.2, 0.25) is 0 Å². The van der Waals surface area contributed by atoms with E-state index in [0.29, 0.717) is 13.2 Å². The summed E-state index contributed by atoms with van der Waals surface area (Å²) in [5.74, 6) is 0. The lowest BCUT2D eigenvalue weighted by Crippen LogP contribution is -2.43. The van der Waals surface area contributed by atoms with Gasteiger partial charge >= 0.3 is 0 Å². The molecule has 18 heavy (non-hydrogen) atoms. The molecule has 1 saturated heterocycles. The molecule has 0 spiro atoms. The van der Waals surface area contributed by atoms with Crippen LogP contribution in [0.4, 0.5) is 4.39 Å². The lowest BCUT2D eigenvalue weighted by molar-refractivity contribution is 0.00329. The van der Waals surface area contributed by atoms with Gasteiger partial charge in [0, 0.05) is 12.3 Å². The molecule has 1 heterocycles. The average molecular weight is 297 g/mol. The number of nitrogens with one attached hydrogen (secondary N) is 1. The smallest absolute Gasteiger partial charge is 0.200 e. The van der Waals surface area contributed by atoms with Crippen LogP contribution < -0.4 is 5.09 Å². The maximum absolute atomic E-state index is 14.1. The van der Waals surface area contributed by atoms with Crippen LogP contribution in [0.3, 0.4) is 0 Å². The second-order valence-electron chi connectivity index (χ2n) is 4.86. The van der Waals surface area contributed by atoms with Crippen molar-refractivity contribution in [3.8, 4) is 0 Å². The minimum Gasteiger partial charge on any atom is -0.379 e. The number of hydrogen-bond acceptors (Lipinski definition) is 3. The zero-order chi connectivity index (χ0) is 13.9. The Morgan fingerprint density at radius 2 is 2.22 bits per heavy atom. The van der Waals surface area contributed by atoms with Crippen LogP contribution in [0, 0.1) is 0 Å². The molecule has 0 radical (unpaired) electrons. The van der Waals surface area contributed by atoms with Crippen LogP contribution in [0.25, 0.3) is 0 Å². The van der Waals surface area contributed by atoms with E-state index in [1.807, 2.05) is 6.92 Å². The molecule has 8 heteroatoms. The first-order valence-electron chi connectivity index (χ1n) is 6.27. The van der Waals surface area contributed by atoms with Crippen molar-refractivity contribution >= 4 is 26.6 Å². The van der Waals surface area contributed by atoms with E-state index in [2.05, 4.69) is 17.3 Å². The summed E-state index contributed by atoms with van der Waals surface area (Å²) in [5.41, 5.74) is -0.156. The van der Waals surface area contributed by atoms with Gasteiger partial charge in [-0.25, -0.2) is 9.48 Å². The van der Waals surface area contributed by atoms with Crippen LogP contribution in [0.5, 0.6) is 0 Å². The van der Waals surface area contributed by atoms with Gasteiger partial charge in [-0.1, -0.05) is 26.1 Å². The normalized spacial score (nSPS) is 35.9. The van der Waals surface area contributed by atoms with Crippen molar-refractivity contribution in [2.75, 3.05) is 13.2 Å². The average Bonchev–Trinajstić information content (AvgIpc) is 2.53. The van der Waals surface area contributed by atoms with E-state index in [1.54, 1.807) is 21.7 Å². The lowest BCUT2D eigenvalue weighted by Gasteiger charge is -2.26. The summed E-state index contributed by atoms with van der Waals surface area (Å²) >= 11 is 4.14. The van der Waals surface area contributed by atoms with Gasteiger partial charge in [-0.2, -0.15) is 0 Å². The Labute approximate surface area is 114 Å². The monoisotopic (exact) mass is 297 g/mol. The highest BCUT2D eigenvalue weighted by molar-refractivity contribution is 8.47. The predicted molar refractivity (Wildman–Crippen MR) is 77.2 cm³/mol. The summed E-state index contributed by atoms with van der Waals surface area (Å²) in [6.45, 7) is 3.42. The SMILES string of the molecule is B[C@@H]1O[C@H](COCC)[C@H](NP(=O)(S)C(C)C)C1F. The molecule has 4 nitrogen and oxygen atoms in total. The number of ether oxygens (including phenoxy) is 2. The fraction of sp³-hybridized carbons (Fsp3) is 1.00. The quantitative estimate of drug-likeness (QED) is 0.439. The zero-order valence-electron chi connectivity index (χ0n) is 11.3. The molecule has 0 bridgehead atoms. The fourth-order valence-electron chi connectivity index (χ4n) is 1.83. The lowest BCUT2D eigenvalue weighted by atomic mass is 9.93. The predicted octanol–water partition coefficient (Wildman–Crippen LogP) is 1.21. The standard InChI is InChI=1S/C10H22BFNO3PS/c1-4-15-5-7-9(8(12)10(11)16-7)13-17(14,18)6(2)3/h6-10H,4-5,11H2,1-3H3,(H2,13,14,18)/t7-,8?,9+,10-,17?/m1/s1. The van der Waals surface area contributed by atoms with Crippen molar-refractivity contribution in [3.63, 3.8) is 0 Å². The molecule has 106 valence electrons. The van der Waals surface area contributed by atoms with Crippen molar-refractivity contribution in [1.82, 2.24) is 5.09 Å². The van der Waals surface area contributed by atoms with E-state index < -0.39 is 30.8 Å². The molecule has 1 N–H and O–H groups in total. The summed E-state index contributed by atoms with van der Waals surface area (Å²) in [6, 6.07) is -1.15. The van der Waals surface area contributed by atoms with Gasteiger partial charge in [0.25, 0.3) is 0 Å². The number of thiol groups is 1. The molecule has 2 unspecified atom stereocenters. The topological polar surface area (TPSA) is 47.6 Å². The Morgan fingerprint density at radius 1 is 1.61 bits per heavy atom. The molecule has 0 aromatic heterocycles. The van der Waals surface area contributed by atoms with Crippen LogP contribution in [-0.4, -0.2) is 51.0 Å². The van der Waals surface area contributed by atoms with Gasteiger partial charge in [-0.15, -0.1) is 0 Å². The molecule has 0 aliphatic carbocycles. The number of halogens is 1. The Morgan fingerprint density at radius 3 is 2.72 bits per heavy atom. The van der Waals surface area contributed by atoms with Crippen LogP contribution in [-0.2, 0) is 14.0 Å². The molecule has 0 aromatic rings. The van der Waals surface area contributed by atoms with Crippen molar-refractivity contribution in [2.24, 2.45) is 0 Å². The van der Waals surface area contributed by atoms with Crippen LogP contribution in [0.1, 0.15) is 20.8 Å². The summed E-state index contributed by atoms with van der Waals surface area (Å²) in [7, 11) is 1.67. The summed E-state index contributed by atoms with van der Waals surface area (Å²) < 4.78 is 37.1. The largest absolute Gasteiger partial charge is 0.379 e. The molecule has 1 aliphatic rings. The molecule has 1 fully saturated rings. The summed E-state index contributed by atoms with van der Waals surface area (Å²) in [6.07, 6.45) is -1.62. The van der Waals surface area contributed by atoms with Gasteiger partial charge < -0.3 is 9.47 Å². The molecule has 5 atom stereocenters. The van der Waals surface area contributed by atoms with E-state index >= 15 is 0 Å². The maximum Gasteiger partial charge on any atom is 0.200 e. The van der Waals surface area contributed by atoms with E-state index in [0.717, 1.165) is 0 Å². The van der Waals surface area contributed by atoms with Gasteiger partial charge in [0.1, 0.15) is 14.0 Å². The van der Waals surface area contributed by atoms with Gasteiger partial charge in [0.05, 0.1) is 24.8 Å². The Balaban J connectivity index is 2.72. The van der Waals surface area contributed by atoms with Crippen molar-refractivity contribution < 1.29 is 18.4 Å². The first kappa shape index (κ1) is 16.5. The molecular formula is C10H22BFNO3PS. The Hall–Kier alpha value is 0.455. The second-order valence-corrected chi connectivity index (χ2v) is 9.17. The minimum absolute atomic E-state index is 0.156. The second kappa shape index (κ2) is 6.75. The number of rotatable bonds is 6. The Kier molecular flexibility index (Phi) is 6.19. The van der Waals surface area contributed by atoms with Crippen LogP contribution >= 0.6 is 18.7 Å². The van der Waals surface area contributed by atoms with Crippen molar-refractivity contribution in [3.05, 3.63) is 0 Å².